The number of carbonyl (C=O) groups excluding carboxylic acids is 2. The van der Waals surface area contributed by atoms with Crippen LogP contribution in [0.15, 0.2) is 36.4 Å². The van der Waals surface area contributed by atoms with E-state index in [1.807, 2.05) is 24.3 Å². The van der Waals surface area contributed by atoms with Gasteiger partial charge in [-0.1, -0.05) is 35.9 Å². The van der Waals surface area contributed by atoms with Crippen LogP contribution in [0.2, 0.25) is 5.02 Å². The van der Waals surface area contributed by atoms with Gasteiger partial charge in [0.05, 0.1) is 7.11 Å². The molecular formula is C17H18ClNO4. The number of nitrogens with one attached hydrogen (secondary N) is 1. The zero-order valence-electron chi connectivity index (χ0n) is 12.8. The normalized spacial score (nSPS) is 10.3. The Labute approximate surface area is 139 Å². The minimum atomic E-state index is -0.289. The second kappa shape index (κ2) is 8.39. The molecule has 2 aromatic carbocycles. The zero-order chi connectivity index (χ0) is 16.7. The number of amides is 1. The first-order valence-corrected chi connectivity index (χ1v) is 7.63. The summed E-state index contributed by atoms with van der Waals surface area (Å²) in [6, 6.07) is 11.1. The van der Waals surface area contributed by atoms with Gasteiger partial charge in [-0.2, -0.15) is 0 Å². The Kier molecular flexibility index (Phi) is 6.23. The van der Waals surface area contributed by atoms with Crippen molar-refractivity contribution in [1.82, 2.24) is 5.32 Å². The van der Waals surface area contributed by atoms with Crippen LogP contribution < -0.4 is 10.1 Å². The molecule has 0 radical (unpaired) electrons. The highest BCUT2D eigenvalue weighted by atomic mass is 35.5. The average Bonchev–Trinajstić information content (AvgIpc) is 2.58. The number of methoxy groups -OCH3 is 1. The monoisotopic (exact) mass is 335 g/mol. The summed E-state index contributed by atoms with van der Waals surface area (Å²) in [5, 5.41) is 5.07. The molecule has 122 valence electrons. The Morgan fingerprint density at radius 1 is 1.13 bits per heavy atom. The van der Waals surface area contributed by atoms with Gasteiger partial charge in [-0.05, 0) is 18.6 Å². The smallest absolute Gasteiger partial charge is 0.305 e. The second-order valence-corrected chi connectivity index (χ2v) is 5.32. The lowest BCUT2D eigenvalue weighted by atomic mass is 10.1. The lowest BCUT2D eigenvalue weighted by Gasteiger charge is -2.10. The van der Waals surface area contributed by atoms with Gasteiger partial charge in [0.15, 0.2) is 6.61 Å². The average molecular weight is 336 g/mol. The molecule has 1 N–H and O–H groups in total. The molecule has 0 unspecified atom stereocenters. The number of hydrogen-bond acceptors (Lipinski definition) is 4. The van der Waals surface area contributed by atoms with Gasteiger partial charge in [0.25, 0.3) is 5.91 Å². The van der Waals surface area contributed by atoms with Crippen LogP contribution in [0.5, 0.6) is 5.75 Å². The highest BCUT2D eigenvalue weighted by molar-refractivity contribution is 6.35. The van der Waals surface area contributed by atoms with Crippen molar-refractivity contribution in [2.75, 3.05) is 20.3 Å². The quantitative estimate of drug-likeness (QED) is 0.624. The first-order chi connectivity index (χ1) is 11.1. The van der Waals surface area contributed by atoms with Crippen molar-refractivity contribution in [3.05, 3.63) is 41.4 Å². The minimum absolute atomic E-state index is 0.0934. The largest absolute Gasteiger partial charge is 0.483 e. The first-order valence-electron chi connectivity index (χ1n) is 7.25. The predicted octanol–water partition coefficient (Wildman–Crippen LogP) is 2.94. The van der Waals surface area contributed by atoms with Crippen LogP contribution in [-0.4, -0.2) is 32.1 Å². The number of fused-ring (bicyclic) bond motifs is 1. The lowest BCUT2D eigenvalue weighted by molar-refractivity contribution is -0.140. The van der Waals surface area contributed by atoms with Crippen LogP contribution in [0.25, 0.3) is 10.8 Å². The lowest BCUT2D eigenvalue weighted by Crippen LogP contribution is -2.30. The molecule has 1 amide bonds. The van der Waals surface area contributed by atoms with Gasteiger partial charge in [-0.15, -0.1) is 0 Å². The Balaban J connectivity index is 1.85. The summed E-state index contributed by atoms with van der Waals surface area (Å²) >= 11 is 6.14. The van der Waals surface area contributed by atoms with Crippen molar-refractivity contribution in [2.45, 2.75) is 12.8 Å². The molecule has 0 bridgehead atoms. The summed E-state index contributed by atoms with van der Waals surface area (Å²) in [6.07, 6.45) is 0.807. The fourth-order valence-corrected chi connectivity index (χ4v) is 2.35. The summed E-state index contributed by atoms with van der Waals surface area (Å²) in [6.45, 7) is 0.308. The summed E-state index contributed by atoms with van der Waals surface area (Å²) in [5.74, 6) is 0.0757. The zero-order valence-corrected chi connectivity index (χ0v) is 13.6. The van der Waals surface area contributed by atoms with Crippen molar-refractivity contribution in [3.63, 3.8) is 0 Å². The number of rotatable bonds is 7. The van der Waals surface area contributed by atoms with Crippen LogP contribution >= 0.6 is 11.6 Å². The fourth-order valence-electron chi connectivity index (χ4n) is 2.12. The molecule has 5 nitrogen and oxygen atoms in total. The van der Waals surface area contributed by atoms with Crippen molar-refractivity contribution < 1.29 is 19.1 Å². The predicted molar refractivity (Wildman–Crippen MR) is 88.7 cm³/mol. The third-order valence-corrected chi connectivity index (χ3v) is 3.63. The van der Waals surface area contributed by atoms with Gasteiger partial charge < -0.3 is 14.8 Å². The molecule has 2 rings (SSSR count). The van der Waals surface area contributed by atoms with Gasteiger partial charge in [-0.3, -0.25) is 9.59 Å². The molecule has 0 atom stereocenters. The van der Waals surface area contributed by atoms with E-state index in [0.29, 0.717) is 23.7 Å². The van der Waals surface area contributed by atoms with Gasteiger partial charge >= 0.3 is 5.97 Å². The first kappa shape index (κ1) is 17.1. The van der Waals surface area contributed by atoms with E-state index in [2.05, 4.69) is 10.1 Å². The molecule has 0 aromatic heterocycles. The number of halogens is 1. The van der Waals surface area contributed by atoms with E-state index in [0.717, 1.165) is 10.8 Å². The standard InChI is InChI=1S/C17H18ClNO4/c1-22-17(21)7-4-10-19-16(20)11-23-15-9-8-14(18)12-5-2-3-6-13(12)15/h2-3,5-6,8-9H,4,7,10-11H2,1H3,(H,19,20). The van der Waals surface area contributed by atoms with Gasteiger partial charge in [-0.25, -0.2) is 0 Å². The van der Waals surface area contributed by atoms with Gasteiger partial charge in [0.1, 0.15) is 5.75 Å². The van der Waals surface area contributed by atoms with E-state index in [1.165, 1.54) is 7.11 Å². The Morgan fingerprint density at radius 2 is 1.87 bits per heavy atom. The van der Waals surface area contributed by atoms with Gasteiger partial charge in [0, 0.05) is 28.8 Å². The molecular weight excluding hydrogens is 318 g/mol. The molecule has 0 fully saturated rings. The van der Waals surface area contributed by atoms with E-state index in [1.54, 1.807) is 12.1 Å². The second-order valence-electron chi connectivity index (χ2n) is 4.91. The van der Waals surface area contributed by atoms with Crippen LogP contribution in [0.3, 0.4) is 0 Å². The molecule has 2 aromatic rings. The van der Waals surface area contributed by atoms with Gasteiger partial charge in [0.2, 0.25) is 0 Å². The summed E-state index contributed by atoms with van der Waals surface area (Å²) in [7, 11) is 1.34. The number of benzene rings is 2. The number of hydrogen-bond donors (Lipinski definition) is 1. The summed E-state index contributed by atoms with van der Waals surface area (Å²) in [4.78, 5) is 22.7. The van der Waals surface area contributed by atoms with Crippen molar-refractivity contribution in [2.24, 2.45) is 0 Å². The molecule has 0 aliphatic heterocycles. The molecule has 0 saturated carbocycles. The molecule has 0 saturated heterocycles. The third-order valence-electron chi connectivity index (χ3n) is 3.30. The highest BCUT2D eigenvalue weighted by Gasteiger charge is 2.08. The summed E-state index contributed by atoms with van der Waals surface area (Å²) < 4.78 is 10.1. The van der Waals surface area contributed by atoms with Crippen LogP contribution in [0.4, 0.5) is 0 Å². The fraction of sp³-hybridized carbons (Fsp3) is 0.294. The van der Waals surface area contributed by atoms with Crippen LogP contribution in [0, 0.1) is 0 Å². The molecule has 6 heteroatoms. The van der Waals surface area contributed by atoms with E-state index in [-0.39, 0.29) is 24.9 Å². The maximum atomic E-state index is 11.8. The minimum Gasteiger partial charge on any atom is -0.483 e. The highest BCUT2D eigenvalue weighted by Crippen LogP contribution is 2.31. The third kappa shape index (κ3) is 4.86. The van der Waals surface area contributed by atoms with E-state index < -0.39 is 0 Å². The Hall–Kier alpha value is -2.27. The number of esters is 1. The summed E-state index contributed by atoms with van der Waals surface area (Å²) in [5.41, 5.74) is 0. The maximum absolute atomic E-state index is 11.8. The number of ether oxygens (including phenoxy) is 2. The molecule has 23 heavy (non-hydrogen) atoms. The maximum Gasteiger partial charge on any atom is 0.305 e. The van der Waals surface area contributed by atoms with E-state index in [9.17, 15) is 9.59 Å². The number of carbonyl (C=O) groups is 2. The van der Waals surface area contributed by atoms with E-state index in [4.69, 9.17) is 16.3 Å². The Morgan fingerprint density at radius 3 is 2.61 bits per heavy atom. The van der Waals surface area contributed by atoms with Crippen LogP contribution in [-0.2, 0) is 14.3 Å². The molecule has 0 aliphatic carbocycles. The Bertz CT molecular complexity index is 702. The molecule has 0 aliphatic rings. The SMILES string of the molecule is COC(=O)CCCNC(=O)COc1ccc(Cl)c2ccccc12. The van der Waals surface area contributed by atoms with Crippen molar-refractivity contribution in [3.8, 4) is 5.75 Å². The van der Waals surface area contributed by atoms with Crippen molar-refractivity contribution in [1.29, 1.82) is 0 Å². The topological polar surface area (TPSA) is 64.6 Å². The molecule has 0 spiro atoms. The van der Waals surface area contributed by atoms with Crippen molar-refractivity contribution >= 4 is 34.2 Å². The molecule has 0 heterocycles. The van der Waals surface area contributed by atoms with Crippen LogP contribution in [0.1, 0.15) is 12.8 Å². The van der Waals surface area contributed by atoms with E-state index >= 15 is 0 Å².